The van der Waals surface area contributed by atoms with E-state index in [2.05, 4.69) is 48.4 Å². The van der Waals surface area contributed by atoms with Crippen molar-refractivity contribution >= 4 is 38.0 Å². The first kappa shape index (κ1) is 11.7. The van der Waals surface area contributed by atoms with Crippen LogP contribution in [-0.4, -0.2) is 4.98 Å². The van der Waals surface area contributed by atoms with Crippen LogP contribution in [0.5, 0.6) is 0 Å². The molecule has 3 aromatic rings. The summed E-state index contributed by atoms with van der Waals surface area (Å²) < 4.78 is 1.23. The first-order valence-corrected chi connectivity index (χ1v) is 7.51. The molecule has 1 N–H and O–H groups in total. The molecule has 0 amide bonds. The standard InChI is InChI=1S/C14H14N2S2/c1-9-7-11(17-10(9)2)8-15-14-16-12-5-3-4-6-13(12)18-14/h3-7H,8H2,1-2H3,(H,15,16). The van der Waals surface area contributed by atoms with Gasteiger partial charge in [0.15, 0.2) is 5.13 Å². The molecular weight excluding hydrogens is 260 g/mol. The maximum Gasteiger partial charge on any atom is 0.184 e. The topological polar surface area (TPSA) is 24.9 Å². The minimum Gasteiger partial charge on any atom is -0.357 e. The van der Waals surface area contributed by atoms with Crippen molar-refractivity contribution < 1.29 is 0 Å². The fourth-order valence-electron chi connectivity index (χ4n) is 1.85. The van der Waals surface area contributed by atoms with E-state index in [-0.39, 0.29) is 0 Å². The van der Waals surface area contributed by atoms with Gasteiger partial charge in [-0.2, -0.15) is 0 Å². The highest BCUT2D eigenvalue weighted by Gasteiger charge is 2.04. The lowest BCUT2D eigenvalue weighted by Crippen LogP contribution is -1.96. The molecule has 3 rings (SSSR count). The molecule has 0 unspecified atom stereocenters. The lowest BCUT2D eigenvalue weighted by molar-refractivity contribution is 1.17. The molecule has 2 heterocycles. The van der Waals surface area contributed by atoms with Crippen molar-refractivity contribution in [3.05, 3.63) is 45.6 Å². The number of hydrogen-bond acceptors (Lipinski definition) is 4. The molecule has 0 atom stereocenters. The Bertz CT molecular complexity index is 629. The van der Waals surface area contributed by atoms with E-state index < -0.39 is 0 Å². The Morgan fingerprint density at radius 3 is 2.72 bits per heavy atom. The normalized spacial score (nSPS) is 11.0. The van der Waals surface area contributed by atoms with Crippen molar-refractivity contribution in [2.45, 2.75) is 20.4 Å². The van der Waals surface area contributed by atoms with Crippen molar-refractivity contribution in [2.24, 2.45) is 0 Å². The number of nitrogens with zero attached hydrogens (tertiary/aromatic N) is 1. The summed E-state index contributed by atoms with van der Waals surface area (Å²) in [5.74, 6) is 0. The number of thiophene rings is 1. The van der Waals surface area contributed by atoms with Crippen molar-refractivity contribution in [1.29, 1.82) is 0 Å². The second kappa shape index (κ2) is 4.71. The van der Waals surface area contributed by atoms with Crippen LogP contribution in [0.3, 0.4) is 0 Å². The summed E-state index contributed by atoms with van der Waals surface area (Å²) in [4.78, 5) is 7.33. The molecule has 92 valence electrons. The van der Waals surface area contributed by atoms with Gasteiger partial charge in [-0.05, 0) is 37.6 Å². The number of nitrogens with one attached hydrogen (secondary N) is 1. The van der Waals surface area contributed by atoms with Crippen LogP contribution in [0.1, 0.15) is 15.3 Å². The fourth-order valence-corrected chi connectivity index (χ4v) is 3.70. The molecule has 0 saturated carbocycles. The van der Waals surface area contributed by atoms with Crippen molar-refractivity contribution in [3.8, 4) is 0 Å². The average Bonchev–Trinajstić information content (AvgIpc) is 2.91. The second-order valence-corrected chi connectivity index (χ2v) is 6.66. The lowest BCUT2D eigenvalue weighted by atomic mass is 10.3. The second-order valence-electron chi connectivity index (χ2n) is 4.29. The molecule has 1 aromatic carbocycles. The van der Waals surface area contributed by atoms with Crippen LogP contribution in [0.2, 0.25) is 0 Å². The summed E-state index contributed by atoms with van der Waals surface area (Å²) >= 11 is 3.56. The molecule has 4 heteroatoms. The van der Waals surface area contributed by atoms with Gasteiger partial charge < -0.3 is 5.32 Å². The monoisotopic (exact) mass is 274 g/mol. The molecule has 0 fully saturated rings. The summed E-state index contributed by atoms with van der Waals surface area (Å²) in [6, 6.07) is 10.5. The van der Waals surface area contributed by atoms with Crippen LogP contribution in [0.4, 0.5) is 5.13 Å². The minimum atomic E-state index is 0.860. The zero-order valence-corrected chi connectivity index (χ0v) is 12.0. The molecule has 2 aromatic heterocycles. The van der Waals surface area contributed by atoms with E-state index in [1.54, 1.807) is 11.3 Å². The maximum absolute atomic E-state index is 4.57. The SMILES string of the molecule is Cc1cc(CNc2nc3ccccc3s2)sc1C. The highest BCUT2D eigenvalue weighted by molar-refractivity contribution is 7.22. The molecular formula is C14H14N2S2. The Balaban J connectivity index is 1.76. The number of aryl methyl sites for hydroxylation is 2. The summed E-state index contributed by atoms with van der Waals surface area (Å²) in [5, 5.41) is 4.41. The van der Waals surface area contributed by atoms with E-state index in [1.807, 2.05) is 17.4 Å². The van der Waals surface area contributed by atoms with Crippen LogP contribution < -0.4 is 5.32 Å². The van der Waals surface area contributed by atoms with E-state index in [0.717, 1.165) is 17.2 Å². The Kier molecular flexibility index (Phi) is 3.06. The number of thiazole rings is 1. The van der Waals surface area contributed by atoms with Gasteiger partial charge in [0.2, 0.25) is 0 Å². The first-order chi connectivity index (χ1) is 8.72. The summed E-state index contributed by atoms with van der Waals surface area (Å²) in [7, 11) is 0. The highest BCUT2D eigenvalue weighted by atomic mass is 32.1. The van der Waals surface area contributed by atoms with Crippen LogP contribution in [0, 0.1) is 13.8 Å². The number of fused-ring (bicyclic) bond motifs is 1. The largest absolute Gasteiger partial charge is 0.357 e. The molecule has 0 aliphatic carbocycles. The number of aromatic nitrogens is 1. The minimum absolute atomic E-state index is 0.860. The van der Waals surface area contributed by atoms with Crippen LogP contribution in [-0.2, 0) is 6.54 Å². The Morgan fingerprint density at radius 2 is 2.00 bits per heavy atom. The Labute approximate surface area is 114 Å². The highest BCUT2D eigenvalue weighted by Crippen LogP contribution is 2.27. The van der Waals surface area contributed by atoms with Gasteiger partial charge in [-0.3, -0.25) is 0 Å². The van der Waals surface area contributed by atoms with Crippen LogP contribution >= 0.6 is 22.7 Å². The summed E-state index contributed by atoms with van der Waals surface area (Å²) in [6.45, 7) is 5.19. The molecule has 2 nitrogen and oxygen atoms in total. The maximum atomic E-state index is 4.57. The zero-order valence-electron chi connectivity index (χ0n) is 10.4. The van der Waals surface area contributed by atoms with E-state index in [4.69, 9.17) is 0 Å². The Morgan fingerprint density at radius 1 is 1.17 bits per heavy atom. The van der Waals surface area contributed by atoms with E-state index in [0.29, 0.717) is 0 Å². The van der Waals surface area contributed by atoms with Crippen molar-refractivity contribution in [3.63, 3.8) is 0 Å². The van der Waals surface area contributed by atoms with Gasteiger partial charge in [0.25, 0.3) is 0 Å². The van der Waals surface area contributed by atoms with E-state index in [9.17, 15) is 0 Å². The third-order valence-corrected chi connectivity index (χ3v) is 5.07. The molecule has 0 bridgehead atoms. The fraction of sp³-hybridized carbons (Fsp3) is 0.214. The number of anilines is 1. The summed E-state index contributed by atoms with van der Waals surface area (Å²) in [5.41, 5.74) is 2.45. The number of rotatable bonds is 3. The Hall–Kier alpha value is -1.39. The van der Waals surface area contributed by atoms with Crippen LogP contribution in [0.15, 0.2) is 30.3 Å². The van der Waals surface area contributed by atoms with Gasteiger partial charge in [0.1, 0.15) is 0 Å². The third kappa shape index (κ3) is 2.26. The number of para-hydroxylation sites is 1. The van der Waals surface area contributed by atoms with Crippen molar-refractivity contribution in [2.75, 3.05) is 5.32 Å². The van der Waals surface area contributed by atoms with Gasteiger partial charge in [-0.15, -0.1) is 11.3 Å². The van der Waals surface area contributed by atoms with Gasteiger partial charge in [-0.25, -0.2) is 4.98 Å². The molecule has 0 aliphatic rings. The van der Waals surface area contributed by atoms with E-state index in [1.165, 1.54) is 20.0 Å². The zero-order chi connectivity index (χ0) is 12.5. The quantitative estimate of drug-likeness (QED) is 0.755. The third-order valence-electron chi connectivity index (χ3n) is 2.92. The molecule has 0 saturated heterocycles. The molecule has 0 radical (unpaired) electrons. The van der Waals surface area contributed by atoms with Gasteiger partial charge in [0, 0.05) is 9.75 Å². The van der Waals surface area contributed by atoms with Gasteiger partial charge in [0.05, 0.1) is 16.8 Å². The van der Waals surface area contributed by atoms with E-state index >= 15 is 0 Å². The van der Waals surface area contributed by atoms with Gasteiger partial charge in [-0.1, -0.05) is 23.5 Å². The van der Waals surface area contributed by atoms with Crippen molar-refractivity contribution in [1.82, 2.24) is 4.98 Å². The molecule has 18 heavy (non-hydrogen) atoms. The predicted molar refractivity (Wildman–Crippen MR) is 80.7 cm³/mol. The summed E-state index contributed by atoms with van der Waals surface area (Å²) in [6.07, 6.45) is 0. The number of hydrogen-bond donors (Lipinski definition) is 1. The number of benzene rings is 1. The predicted octanol–water partition coefficient (Wildman–Crippen LogP) is 4.59. The lowest BCUT2D eigenvalue weighted by Gasteiger charge is -1.98. The van der Waals surface area contributed by atoms with Gasteiger partial charge >= 0.3 is 0 Å². The molecule has 0 aliphatic heterocycles. The average molecular weight is 274 g/mol. The van der Waals surface area contributed by atoms with Crippen LogP contribution in [0.25, 0.3) is 10.2 Å². The smallest absolute Gasteiger partial charge is 0.184 e. The first-order valence-electron chi connectivity index (χ1n) is 5.88. The molecule has 0 spiro atoms.